The Labute approximate surface area is 271 Å². The molecule has 0 radical (unpaired) electrons. The fourth-order valence-corrected chi connectivity index (χ4v) is 7.88. The van der Waals surface area contributed by atoms with Crippen LogP contribution in [0.5, 0.6) is 11.5 Å². The predicted molar refractivity (Wildman–Crippen MR) is 173 cm³/mol. The summed E-state index contributed by atoms with van der Waals surface area (Å²) in [6.45, 7) is -1.65. The van der Waals surface area contributed by atoms with E-state index in [9.17, 15) is 36.3 Å². The lowest BCUT2D eigenvalue weighted by atomic mass is 9.98. The molecule has 0 aromatic heterocycles. The number of sulfonamides is 2. The largest absolute Gasteiger partial charge is 0.497 e. The van der Waals surface area contributed by atoms with E-state index in [2.05, 4.69) is 0 Å². The second-order valence-electron chi connectivity index (χ2n) is 10.1. The van der Waals surface area contributed by atoms with Gasteiger partial charge in [-0.05, 0) is 66.6 Å². The van der Waals surface area contributed by atoms with Gasteiger partial charge in [-0.1, -0.05) is 24.3 Å². The van der Waals surface area contributed by atoms with Gasteiger partial charge in [0.25, 0.3) is 20.0 Å². The fraction of sp³-hybridized carbons (Fsp3) is 0.194. The van der Waals surface area contributed by atoms with Crippen LogP contribution in [-0.4, -0.2) is 67.0 Å². The number of methoxy groups -OCH3 is 2. The lowest BCUT2D eigenvalue weighted by Crippen LogP contribution is -2.40. The molecule has 16 heteroatoms. The predicted octanol–water partition coefficient (Wildman–Crippen LogP) is 2.24. The van der Waals surface area contributed by atoms with Crippen LogP contribution in [0.25, 0.3) is 10.8 Å². The van der Waals surface area contributed by atoms with Crippen LogP contribution in [0.4, 0.5) is 11.4 Å². The molecule has 248 valence electrons. The molecule has 0 fully saturated rings. The number of aliphatic carboxylic acids is 1. The molecule has 0 unspecified atom stereocenters. The van der Waals surface area contributed by atoms with E-state index >= 15 is 0 Å². The summed E-state index contributed by atoms with van der Waals surface area (Å²) in [4.78, 5) is 36.0. The lowest BCUT2D eigenvalue weighted by Gasteiger charge is -2.30. The number of primary amides is 2. The first-order valence-corrected chi connectivity index (χ1v) is 16.7. The zero-order valence-corrected chi connectivity index (χ0v) is 27.0. The number of anilines is 2. The van der Waals surface area contributed by atoms with Gasteiger partial charge in [-0.15, -0.1) is 0 Å². The van der Waals surface area contributed by atoms with Gasteiger partial charge in [0.05, 0.1) is 35.4 Å². The minimum absolute atomic E-state index is 0.0406. The number of aryl methyl sites for hydroxylation is 1. The van der Waals surface area contributed by atoms with Crippen LogP contribution >= 0.6 is 0 Å². The summed E-state index contributed by atoms with van der Waals surface area (Å²) in [6, 6.07) is 18.1. The molecule has 14 nitrogen and oxygen atoms in total. The quantitative estimate of drug-likeness (QED) is 0.166. The molecule has 0 spiro atoms. The standard InChI is InChI=1S/C31H32N4O10S2/c1-44-21-8-12-23(13-9-21)46(40,41)34(18-28(32)36)27-17-20(7-16-30(38)39)31(26-6-4-3-5-25(26)27)35(19-29(33)37)47(42,43)24-14-10-22(45-2)11-15-24/h3-6,8-15,17H,7,16,18-19H2,1-2H3,(H2,32,36)(H2,33,37)(H,38,39). The highest BCUT2D eigenvalue weighted by Crippen LogP contribution is 2.42. The Morgan fingerprint density at radius 1 is 0.702 bits per heavy atom. The topological polar surface area (TPSA) is 217 Å². The van der Waals surface area contributed by atoms with Gasteiger partial charge in [-0.2, -0.15) is 0 Å². The SMILES string of the molecule is COc1ccc(S(=O)(=O)N(CC(N)=O)c2cc(CCC(=O)O)c(N(CC(N)=O)S(=O)(=O)c3ccc(OC)cc3)c3ccccc23)cc1. The number of carboxylic acid groups (broad SMARTS) is 1. The van der Waals surface area contributed by atoms with Crippen molar-refractivity contribution in [1.82, 2.24) is 0 Å². The maximum Gasteiger partial charge on any atom is 0.303 e. The van der Waals surface area contributed by atoms with E-state index in [0.717, 1.165) is 8.61 Å². The van der Waals surface area contributed by atoms with Gasteiger partial charge >= 0.3 is 5.97 Å². The lowest BCUT2D eigenvalue weighted by molar-refractivity contribution is -0.137. The van der Waals surface area contributed by atoms with Crippen LogP contribution in [-0.2, 0) is 40.9 Å². The highest BCUT2D eigenvalue weighted by Gasteiger charge is 2.34. The van der Waals surface area contributed by atoms with Crippen LogP contribution in [0.2, 0.25) is 0 Å². The second-order valence-corrected chi connectivity index (χ2v) is 13.9. The summed E-state index contributed by atoms with van der Waals surface area (Å²) < 4.78 is 68.2. The summed E-state index contributed by atoms with van der Waals surface area (Å²) in [7, 11) is -6.23. The number of nitrogens with two attached hydrogens (primary N) is 2. The highest BCUT2D eigenvalue weighted by molar-refractivity contribution is 7.93. The average Bonchev–Trinajstić information content (AvgIpc) is 3.04. The molecule has 0 bridgehead atoms. The smallest absolute Gasteiger partial charge is 0.303 e. The fourth-order valence-electron chi connectivity index (χ4n) is 4.95. The Bertz CT molecular complexity index is 2030. The average molecular weight is 685 g/mol. The van der Waals surface area contributed by atoms with Gasteiger partial charge in [0.2, 0.25) is 11.8 Å². The first-order chi connectivity index (χ1) is 22.2. The molecule has 0 heterocycles. The van der Waals surface area contributed by atoms with Crippen molar-refractivity contribution in [3.05, 3.63) is 84.4 Å². The molecule has 4 aromatic rings. The molecule has 0 aliphatic rings. The Morgan fingerprint density at radius 2 is 1.15 bits per heavy atom. The molecule has 2 amide bonds. The van der Waals surface area contributed by atoms with Crippen molar-refractivity contribution in [3.63, 3.8) is 0 Å². The maximum absolute atomic E-state index is 14.1. The minimum atomic E-state index is -4.55. The Kier molecular flexibility index (Phi) is 10.3. The molecule has 0 saturated carbocycles. The van der Waals surface area contributed by atoms with Crippen molar-refractivity contribution in [3.8, 4) is 11.5 Å². The number of hydrogen-bond acceptors (Lipinski definition) is 9. The molecule has 0 aliphatic heterocycles. The van der Waals surface area contributed by atoms with Gasteiger partial charge in [-0.3, -0.25) is 23.0 Å². The van der Waals surface area contributed by atoms with Gasteiger partial charge in [0.15, 0.2) is 0 Å². The Balaban J connectivity index is 2.07. The van der Waals surface area contributed by atoms with E-state index in [1.165, 1.54) is 80.9 Å². The van der Waals surface area contributed by atoms with Crippen LogP contribution in [0.3, 0.4) is 0 Å². The molecule has 0 aliphatic carbocycles. The Hall–Kier alpha value is -5.35. The van der Waals surface area contributed by atoms with Crippen molar-refractivity contribution in [2.75, 3.05) is 35.9 Å². The van der Waals surface area contributed by atoms with E-state index in [4.69, 9.17) is 20.9 Å². The first kappa shape index (κ1) is 34.5. The molecule has 47 heavy (non-hydrogen) atoms. The summed E-state index contributed by atoms with van der Waals surface area (Å²) in [5.41, 5.74) is 10.9. The van der Waals surface area contributed by atoms with Crippen LogP contribution in [0, 0.1) is 0 Å². The van der Waals surface area contributed by atoms with Crippen LogP contribution in [0.15, 0.2) is 88.7 Å². The van der Waals surface area contributed by atoms with Crippen LogP contribution < -0.4 is 29.6 Å². The zero-order chi connectivity index (χ0) is 34.5. The van der Waals surface area contributed by atoms with E-state index in [0.29, 0.717) is 11.5 Å². The van der Waals surface area contributed by atoms with Crippen molar-refractivity contribution < 1.29 is 45.8 Å². The number of rotatable bonds is 15. The molecule has 0 saturated heterocycles. The molecule has 4 rings (SSSR count). The molecular weight excluding hydrogens is 652 g/mol. The van der Waals surface area contributed by atoms with E-state index in [-0.39, 0.29) is 43.9 Å². The monoisotopic (exact) mass is 684 g/mol. The zero-order valence-electron chi connectivity index (χ0n) is 25.3. The molecule has 5 N–H and O–H groups in total. The number of carbonyl (C=O) groups is 3. The number of carboxylic acids is 1. The van der Waals surface area contributed by atoms with Gasteiger partial charge in [0.1, 0.15) is 24.6 Å². The van der Waals surface area contributed by atoms with Gasteiger partial charge in [0, 0.05) is 17.2 Å². The number of carbonyl (C=O) groups excluding carboxylic acids is 2. The van der Waals surface area contributed by atoms with Crippen molar-refractivity contribution in [2.45, 2.75) is 22.6 Å². The normalized spacial score (nSPS) is 11.5. The highest BCUT2D eigenvalue weighted by atomic mass is 32.2. The summed E-state index contributed by atoms with van der Waals surface area (Å²) >= 11 is 0. The van der Waals surface area contributed by atoms with E-state index in [1.54, 1.807) is 12.1 Å². The number of fused-ring (bicyclic) bond motifs is 1. The minimum Gasteiger partial charge on any atom is -0.497 e. The van der Waals surface area contributed by atoms with Crippen LogP contribution in [0.1, 0.15) is 12.0 Å². The molecular formula is C31H32N4O10S2. The number of nitrogens with zero attached hydrogens (tertiary/aromatic N) is 2. The summed E-state index contributed by atoms with van der Waals surface area (Å²) in [5.74, 6) is -2.50. The number of benzene rings is 4. The molecule has 0 atom stereocenters. The number of hydrogen-bond donors (Lipinski definition) is 3. The van der Waals surface area contributed by atoms with Crippen molar-refractivity contribution >= 4 is 60.0 Å². The van der Waals surface area contributed by atoms with E-state index < -0.39 is 57.3 Å². The van der Waals surface area contributed by atoms with E-state index in [1.807, 2.05) is 0 Å². The second kappa shape index (κ2) is 14.0. The number of ether oxygens (including phenoxy) is 2. The van der Waals surface area contributed by atoms with Gasteiger partial charge < -0.3 is 26.0 Å². The molecule has 4 aromatic carbocycles. The first-order valence-electron chi connectivity index (χ1n) is 13.9. The third-order valence-corrected chi connectivity index (χ3v) is 10.6. The third-order valence-electron chi connectivity index (χ3n) is 7.09. The maximum atomic E-state index is 14.1. The van der Waals surface area contributed by atoms with Crippen molar-refractivity contribution in [2.24, 2.45) is 11.5 Å². The summed E-state index contributed by atoms with van der Waals surface area (Å²) in [6.07, 6.45) is -0.804. The summed E-state index contributed by atoms with van der Waals surface area (Å²) in [5, 5.41) is 9.85. The van der Waals surface area contributed by atoms with Gasteiger partial charge in [-0.25, -0.2) is 16.8 Å². The number of amides is 2. The third kappa shape index (κ3) is 7.39. The van der Waals surface area contributed by atoms with Crippen molar-refractivity contribution in [1.29, 1.82) is 0 Å². The Morgan fingerprint density at radius 3 is 1.60 bits per heavy atom.